The molecular weight excluding hydrogens is 274 g/mol. The Labute approximate surface area is 119 Å². The van der Waals surface area contributed by atoms with E-state index in [9.17, 15) is 4.79 Å². The highest BCUT2D eigenvalue weighted by Crippen LogP contribution is 2.24. The third-order valence-electron chi connectivity index (χ3n) is 2.65. The van der Waals surface area contributed by atoms with Gasteiger partial charge in [0.05, 0.1) is 5.69 Å². The van der Waals surface area contributed by atoms with Gasteiger partial charge in [0.2, 0.25) is 0 Å². The molecule has 0 atom stereocenters. The first-order valence-electron chi connectivity index (χ1n) is 5.98. The molecule has 1 N–H and O–H groups in total. The van der Waals surface area contributed by atoms with Crippen molar-refractivity contribution in [3.63, 3.8) is 0 Å². The Morgan fingerprint density at radius 1 is 1.30 bits per heavy atom. The number of hydrogen-bond acceptors (Lipinski definition) is 5. The smallest absolute Gasteiger partial charge is 0.279 e. The van der Waals surface area contributed by atoms with Crippen LogP contribution < -0.4 is 5.32 Å². The van der Waals surface area contributed by atoms with Crippen molar-refractivity contribution in [1.29, 1.82) is 0 Å². The fourth-order valence-electron chi connectivity index (χ4n) is 1.71. The molecule has 6 heteroatoms. The normalized spacial score (nSPS) is 10.4. The van der Waals surface area contributed by atoms with Crippen LogP contribution in [0.1, 0.15) is 16.2 Å². The van der Waals surface area contributed by atoms with Crippen LogP contribution in [-0.4, -0.2) is 16.0 Å². The number of rotatable bonds is 3. The number of nitrogens with one attached hydrogen (secondary N) is 1. The van der Waals surface area contributed by atoms with Crippen LogP contribution in [0.4, 0.5) is 5.13 Å². The summed E-state index contributed by atoms with van der Waals surface area (Å²) >= 11 is 1.37. The highest BCUT2D eigenvalue weighted by atomic mass is 32.1. The van der Waals surface area contributed by atoms with Crippen LogP contribution in [0.2, 0.25) is 0 Å². The average molecular weight is 285 g/mol. The third-order valence-corrected chi connectivity index (χ3v) is 3.41. The van der Waals surface area contributed by atoms with Gasteiger partial charge in [0.1, 0.15) is 5.76 Å². The SMILES string of the molecule is Cc1cc(C(=O)Nc2nc(-c3ccccc3)cs2)no1. The summed E-state index contributed by atoms with van der Waals surface area (Å²) in [6.45, 7) is 1.74. The van der Waals surface area contributed by atoms with E-state index in [-0.39, 0.29) is 11.6 Å². The Morgan fingerprint density at radius 2 is 2.10 bits per heavy atom. The zero-order valence-electron chi connectivity index (χ0n) is 10.7. The summed E-state index contributed by atoms with van der Waals surface area (Å²) in [5.74, 6) is 0.273. The summed E-state index contributed by atoms with van der Waals surface area (Å²) in [4.78, 5) is 16.3. The number of carbonyl (C=O) groups is 1. The molecule has 0 fully saturated rings. The van der Waals surface area contributed by atoms with E-state index < -0.39 is 0 Å². The average Bonchev–Trinajstić information content (AvgIpc) is 3.09. The Morgan fingerprint density at radius 3 is 2.80 bits per heavy atom. The lowest BCUT2D eigenvalue weighted by Crippen LogP contribution is -2.11. The summed E-state index contributed by atoms with van der Waals surface area (Å²) < 4.78 is 4.87. The summed E-state index contributed by atoms with van der Waals surface area (Å²) in [7, 11) is 0. The molecule has 0 saturated heterocycles. The van der Waals surface area contributed by atoms with Crippen molar-refractivity contribution in [1.82, 2.24) is 10.1 Å². The van der Waals surface area contributed by atoms with Crippen molar-refractivity contribution in [2.75, 3.05) is 5.32 Å². The number of nitrogens with zero attached hydrogens (tertiary/aromatic N) is 2. The first-order valence-corrected chi connectivity index (χ1v) is 6.86. The fraction of sp³-hybridized carbons (Fsp3) is 0.0714. The number of anilines is 1. The van der Waals surface area contributed by atoms with E-state index in [1.54, 1.807) is 13.0 Å². The van der Waals surface area contributed by atoms with Gasteiger partial charge in [0.15, 0.2) is 10.8 Å². The molecule has 0 aliphatic heterocycles. The molecule has 0 aliphatic carbocycles. The van der Waals surface area contributed by atoms with Crippen LogP contribution in [0, 0.1) is 6.92 Å². The Kier molecular flexibility index (Phi) is 3.30. The lowest BCUT2D eigenvalue weighted by Gasteiger charge is -1.97. The second-order valence-corrected chi connectivity index (χ2v) is 5.04. The van der Waals surface area contributed by atoms with Gasteiger partial charge in [-0.15, -0.1) is 11.3 Å². The zero-order chi connectivity index (χ0) is 13.9. The molecule has 0 radical (unpaired) electrons. The molecule has 0 bridgehead atoms. The van der Waals surface area contributed by atoms with E-state index in [2.05, 4.69) is 15.5 Å². The van der Waals surface area contributed by atoms with Gasteiger partial charge in [0.25, 0.3) is 5.91 Å². The first kappa shape index (κ1) is 12.6. The van der Waals surface area contributed by atoms with Gasteiger partial charge in [-0.1, -0.05) is 35.5 Å². The predicted octanol–water partition coefficient (Wildman–Crippen LogP) is 3.36. The minimum Gasteiger partial charge on any atom is -0.361 e. The number of thiazole rings is 1. The van der Waals surface area contributed by atoms with Gasteiger partial charge in [-0.3, -0.25) is 10.1 Å². The molecule has 0 saturated carbocycles. The summed E-state index contributed by atoms with van der Waals surface area (Å²) in [6.07, 6.45) is 0. The van der Waals surface area contributed by atoms with Crippen LogP contribution in [-0.2, 0) is 0 Å². The highest BCUT2D eigenvalue weighted by Gasteiger charge is 2.13. The van der Waals surface area contributed by atoms with E-state index in [1.807, 2.05) is 35.7 Å². The molecule has 0 aliphatic rings. The fourth-order valence-corrected chi connectivity index (χ4v) is 2.42. The van der Waals surface area contributed by atoms with Crippen LogP contribution >= 0.6 is 11.3 Å². The van der Waals surface area contributed by atoms with Gasteiger partial charge in [-0.25, -0.2) is 4.98 Å². The number of carbonyl (C=O) groups excluding carboxylic acids is 1. The monoisotopic (exact) mass is 285 g/mol. The highest BCUT2D eigenvalue weighted by molar-refractivity contribution is 7.14. The standard InChI is InChI=1S/C14H11N3O2S/c1-9-7-11(17-19-9)13(18)16-14-15-12(8-20-14)10-5-3-2-4-6-10/h2-8H,1H3,(H,15,16,18). The predicted molar refractivity (Wildman–Crippen MR) is 76.7 cm³/mol. The van der Waals surface area contributed by atoms with Crippen LogP contribution in [0.3, 0.4) is 0 Å². The van der Waals surface area contributed by atoms with Crippen molar-refractivity contribution >= 4 is 22.4 Å². The lowest BCUT2D eigenvalue weighted by molar-refractivity contribution is 0.101. The molecule has 1 aromatic carbocycles. The van der Waals surface area contributed by atoms with Gasteiger partial charge >= 0.3 is 0 Å². The molecular formula is C14H11N3O2S. The van der Waals surface area contributed by atoms with Crippen molar-refractivity contribution in [2.45, 2.75) is 6.92 Å². The topological polar surface area (TPSA) is 68.0 Å². The molecule has 100 valence electrons. The molecule has 3 rings (SSSR count). The number of aromatic nitrogens is 2. The van der Waals surface area contributed by atoms with Gasteiger partial charge < -0.3 is 4.52 Å². The molecule has 2 heterocycles. The number of aryl methyl sites for hydroxylation is 1. The molecule has 20 heavy (non-hydrogen) atoms. The van der Waals surface area contributed by atoms with Crippen molar-refractivity contribution in [3.05, 3.63) is 53.2 Å². The Hall–Kier alpha value is -2.47. The summed E-state index contributed by atoms with van der Waals surface area (Å²) in [5, 5.41) is 8.81. The van der Waals surface area contributed by atoms with E-state index >= 15 is 0 Å². The molecule has 0 unspecified atom stereocenters. The van der Waals surface area contributed by atoms with E-state index in [4.69, 9.17) is 4.52 Å². The minimum atomic E-state index is -0.323. The Bertz CT molecular complexity index is 734. The third kappa shape index (κ3) is 2.60. The summed E-state index contributed by atoms with van der Waals surface area (Å²) in [5.41, 5.74) is 2.10. The maximum atomic E-state index is 11.9. The van der Waals surface area contributed by atoms with Gasteiger partial charge in [-0.05, 0) is 6.92 Å². The van der Waals surface area contributed by atoms with Gasteiger partial charge in [0, 0.05) is 17.0 Å². The van der Waals surface area contributed by atoms with Crippen molar-refractivity contribution in [2.24, 2.45) is 0 Å². The zero-order valence-corrected chi connectivity index (χ0v) is 11.5. The maximum absolute atomic E-state index is 11.9. The maximum Gasteiger partial charge on any atom is 0.279 e. The van der Waals surface area contributed by atoms with Crippen LogP contribution in [0.5, 0.6) is 0 Å². The summed E-state index contributed by atoms with van der Waals surface area (Å²) in [6, 6.07) is 11.4. The van der Waals surface area contributed by atoms with Crippen molar-refractivity contribution < 1.29 is 9.32 Å². The number of hydrogen-bond donors (Lipinski definition) is 1. The number of benzene rings is 1. The molecule has 3 aromatic rings. The molecule has 2 aromatic heterocycles. The molecule has 5 nitrogen and oxygen atoms in total. The van der Waals surface area contributed by atoms with Gasteiger partial charge in [-0.2, -0.15) is 0 Å². The number of amides is 1. The van der Waals surface area contributed by atoms with E-state index in [0.29, 0.717) is 10.9 Å². The van der Waals surface area contributed by atoms with E-state index in [1.165, 1.54) is 11.3 Å². The second kappa shape index (κ2) is 5.26. The quantitative estimate of drug-likeness (QED) is 0.801. The Balaban J connectivity index is 1.76. The first-order chi connectivity index (χ1) is 9.72. The van der Waals surface area contributed by atoms with E-state index in [0.717, 1.165) is 11.3 Å². The molecule has 1 amide bonds. The lowest BCUT2D eigenvalue weighted by atomic mass is 10.2. The molecule has 0 spiro atoms. The van der Waals surface area contributed by atoms with Crippen LogP contribution in [0.25, 0.3) is 11.3 Å². The second-order valence-electron chi connectivity index (χ2n) is 4.18. The minimum absolute atomic E-state index is 0.249. The largest absolute Gasteiger partial charge is 0.361 e. The van der Waals surface area contributed by atoms with Crippen LogP contribution in [0.15, 0.2) is 46.3 Å². The van der Waals surface area contributed by atoms with Crippen molar-refractivity contribution in [3.8, 4) is 11.3 Å².